The topological polar surface area (TPSA) is 38.7 Å². The van der Waals surface area contributed by atoms with Gasteiger partial charge in [-0.2, -0.15) is 0 Å². The molecule has 2 aromatic rings. The summed E-state index contributed by atoms with van der Waals surface area (Å²) in [6.45, 7) is 2.58. The number of aliphatic hydroxyl groups excluding tert-OH is 1. The van der Waals surface area contributed by atoms with Crippen LogP contribution in [0.25, 0.3) is 0 Å². The summed E-state index contributed by atoms with van der Waals surface area (Å²) in [4.78, 5) is 2.39. The van der Waals surface area contributed by atoms with Gasteiger partial charge in [-0.1, -0.05) is 12.1 Å². The molecular weight excluding hydrogens is 260 g/mol. The molecule has 0 spiro atoms. The van der Waals surface area contributed by atoms with Crippen molar-refractivity contribution in [2.24, 2.45) is 0 Å². The smallest absolute Gasteiger partial charge is 0.161 e. The van der Waals surface area contributed by atoms with Crippen molar-refractivity contribution in [2.75, 3.05) is 20.3 Å². The number of hydrogen-bond donors (Lipinski definition) is 1. The Labute approximate surface area is 117 Å². The largest absolute Gasteiger partial charge is 0.493 e. The molecule has 1 aromatic carbocycles. The molecule has 0 fully saturated rings. The minimum absolute atomic E-state index is 0.00334. The number of aliphatic hydroxyl groups is 1. The minimum Gasteiger partial charge on any atom is -0.493 e. The van der Waals surface area contributed by atoms with E-state index < -0.39 is 0 Å². The normalized spacial score (nSPS) is 12.2. The fraction of sp³-hybridized carbons (Fsp3) is 0.333. The molecule has 0 radical (unpaired) electrons. The van der Waals surface area contributed by atoms with E-state index in [1.807, 2.05) is 30.3 Å². The van der Waals surface area contributed by atoms with Crippen molar-refractivity contribution in [2.45, 2.75) is 12.8 Å². The Bertz CT molecular complexity index is 522. The fourth-order valence-corrected chi connectivity index (χ4v) is 2.78. The molecule has 0 aliphatic heterocycles. The lowest BCUT2D eigenvalue weighted by molar-refractivity contribution is 0.202. The van der Waals surface area contributed by atoms with E-state index in [4.69, 9.17) is 9.47 Å². The number of hydrogen-bond acceptors (Lipinski definition) is 4. The van der Waals surface area contributed by atoms with Crippen molar-refractivity contribution in [3.8, 4) is 11.5 Å². The van der Waals surface area contributed by atoms with Crippen molar-refractivity contribution >= 4 is 11.3 Å². The Morgan fingerprint density at radius 3 is 2.47 bits per heavy atom. The quantitative estimate of drug-likeness (QED) is 0.881. The predicted molar refractivity (Wildman–Crippen MR) is 77.4 cm³/mol. The van der Waals surface area contributed by atoms with Gasteiger partial charge < -0.3 is 14.6 Å². The molecule has 1 N–H and O–H groups in total. The molecule has 102 valence electrons. The van der Waals surface area contributed by atoms with Crippen LogP contribution in [0.4, 0.5) is 0 Å². The summed E-state index contributed by atoms with van der Waals surface area (Å²) < 4.78 is 11.0. The lowest BCUT2D eigenvalue weighted by Gasteiger charge is -2.15. The fourth-order valence-electron chi connectivity index (χ4n) is 1.83. The molecule has 0 saturated heterocycles. The summed E-state index contributed by atoms with van der Waals surface area (Å²) in [5.41, 5.74) is 0. The molecule has 4 heteroatoms. The van der Waals surface area contributed by atoms with Crippen molar-refractivity contribution in [3.05, 3.63) is 46.2 Å². The molecule has 1 heterocycles. The summed E-state index contributed by atoms with van der Waals surface area (Å²) >= 11 is 1.69. The van der Waals surface area contributed by atoms with Gasteiger partial charge in [-0.15, -0.1) is 11.3 Å². The van der Waals surface area contributed by atoms with Gasteiger partial charge in [0.05, 0.1) is 26.2 Å². The third-order valence-electron chi connectivity index (χ3n) is 2.89. The Morgan fingerprint density at radius 2 is 1.89 bits per heavy atom. The zero-order valence-corrected chi connectivity index (χ0v) is 11.9. The van der Waals surface area contributed by atoms with Crippen LogP contribution in [-0.2, 0) is 0 Å². The summed E-state index contributed by atoms with van der Waals surface area (Å²) in [5.74, 6) is 1.42. The zero-order valence-electron chi connectivity index (χ0n) is 11.1. The third kappa shape index (κ3) is 3.49. The van der Waals surface area contributed by atoms with Crippen LogP contribution in [0.3, 0.4) is 0 Å². The summed E-state index contributed by atoms with van der Waals surface area (Å²) in [6, 6.07) is 11.6. The molecule has 1 unspecified atom stereocenters. The predicted octanol–water partition coefficient (Wildman–Crippen LogP) is 3.22. The average molecular weight is 278 g/mol. The SMILES string of the molecule is COc1ccccc1OCC(CO)c1ccc(C)s1. The summed E-state index contributed by atoms with van der Waals surface area (Å²) in [5, 5.41) is 9.49. The second-order valence-corrected chi connectivity index (χ2v) is 5.61. The van der Waals surface area contributed by atoms with E-state index in [0.29, 0.717) is 18.1 Å². The summed E-state index contributed by atoms with van der Waals surface area (Å²) in [7, 11) is 1.62. The number of thiophene rings is 1. The first-order valence-corrected chi connectivity index (χ1v) is 6.99. The van der Waals surface area contributed by atoms with Crippen LogP contribution in [0, 0.1) is 6.92 Å². The number of ether oxygens (including phenoxy) is 2. The molecular formula is C15H18O3S. The molecule has 1 aromatic heterocycles. The Hall–Kier alpha value is -1.52. The number of methoxy groups -OCH3 is 1. The molecule has 0 bridgehead atoms. The van der Waals surface area contributed by atoms with Gasteiger partial charge in [0.15, 0.2) is 11.5 Å². The van der Waals surface area contributed by atoms with Crippen LogP contribution in [0.15, 0.2) is 36.4 Å². The van der Waals surface area contributed by atoms with Crippen LogP contribution in [0.1, 0.15) is 15.7 Å². The van der Waals surface area contributed by atoms with Gasteiger partial charge in [-0.25, -0.2) is 0 Å². The second-order valence-electron chi connectivity index (χ2n) is 4.29. The average Bonchev–Trinajstić information content (AvgIpc) is 2.86. The van der Waals surface area contributed by atoms with Crippen LogP contribution >= 0.6 is 11.3 Å². The lowest BCUT2D eigenvalue weighted by Crippen LogP contribution is -2.13. The Balaban J connectivity index is 2.04. The highest BCUT2D eigenvalue weighted by Crippen LogP contribution is 2.29. The number of para-hydroxylation sites is 2. The first kappa shape index (κ1) is 13.9. The second kappa shape index (κ2) is 6.59. The van der Waals surface area contributed by atoms with E-state index in [1.54, 1.807) is 18.4 Å². The standard InChI is InChI=1S/C15H18O3S/c1-11-7-8-15(19-11)12(9-16)10-18-14-6-4-3-5-13(14)17-2/h3-8,12,16H,9-10H2,1-2H3. The first-order chi connectivity index (χ1) is 9.24. The van der Waals surface area contributed by atoms with E-state index in [2.05, 4.69) is 13.0 Å². The lowest BCUT2D eigenvalue weighted by atomic mass is 10.1. The van der Waals surface area contributed by atoms with Gasteiger partial charge in [0.2, 0.25) is 0 Å². The Kier molecular flexibility index (Phi) is 4.82. The highest BCUT2D eigenvalue weighted by molar-refractivity contribution is 7.12. The Morgan fingerprint density at radius 1 is 1.16 bits per heavy atom. The van der Waals surface area contributed by atoms with Gasteiger partial charge in [0.25, 0.3) is 0 Å². The van der Waals surface area contributed by atoms with Crippen molar-refractivity contribution in [1.82, 2.24) is 0 Å². The van der Waals surface area contributed by atoms with Crippen LogP contribution < -0.4 is 9.47 Å². The molecule has 19 heavy (non-hydrogen) atoms. The van der Waals surface area contributed by atoms with Gasteiger partial charge in [-0.3, -0.25) is 0 Å². The maximum absolute atomic E-state index is 9.49. The van der Waals surface area contributed by atoms with Crippen LogP contribution in [0.5, 0.6) is 11.5 Å². The van der Waals surface area contributed by atoms with Gasteiger partial charge in [0, 0.05) is 9.75 Å². The molecule has 0 saturated carbocycles. The number of aryl methyl sites for hydroxylation is 1. The molecule has 3 nitrogen and oxygen atoms in total. The maximum Gasteiger partial charge on any atom is 0.161 e. The highest BCUT2D eigenvalue weighted by Gasteiger charge is 2.14. The van der Waals surface area contributed by atoms with E-state index in [1.165, 1.54) is 4.88 Å². The minimum atomic E-state index is 0.00334. The molecule has 2 rings (SSSR count). The molecule has 1 atom stereocenters. The van der Waals surface area contributed by atoms with Gasteiger partial charge in [0.1, 0.15) is 0 Å². The molecule has 0 aliphatic carbocycles. The van der Waals surface area contributed by atoms with E-state index >= 15 is 0 Å². The number of benzene rings is 1. The zero-order chi connectivity index (χ0) is 13.7. The van der Waals surface area contributed by atoms with E-state index in [-0.39, 0.29) is 12.5 Å². The van der Waals surface area contributed by atoms with Crippen LogP contribution in [-0.4, -0.2) is 25.4 Å². The monoisotopic (exact) mass is 278 g/mol. The maximum atomic E-state index is 9.49. The summed E-state index contributed by atoms with van der Waals surface area (Å²) in [6.07, 6.45) is 0. The van der Waals surface area contributed by atoms with Gasteiger partial charge >= 0.3 is 0 Å². The van der Waals surface area contributed by atoms with Crippen molar-refractivity contribution < 1.29 is 14.6 Å². The first-order valence-electron chi connectivity index (χ1n) is 6.17. The third-order valence-corrected chi connectivity index (χ3v) is 4.06. The van der Waals surface area contributed by atoms with Crippen molar-refractivity contribution in [1.29, 1.82) is 0 Å². The number of rotatable bonds is 6. The molecule has 0 aliphatic rings. The van der Waals surface area contributed by atoms with Crippen molar-refractivity contribution in [3.63, 3.8) is 0 Å². The van der Waals surface area contributed by atoms with Gasteiger partial charge in [-0.05, 0) is 31.2 Å². The highest BCUT2D eigenvalue weighted by atomic mass is 32.1. The molecule has 0 amide bonds. The van der Waals surface area contributed by atoms with E-state index in [9.17, 15) is 5.11 Å². The van der Waals surface area contributed by atoms with Crippen LogP contribution in [0.2, 0.25) is 0 Å². The van der Waals surface area contributed by atoms with E-state index in [0.717, 1.165) is 4.88 Å².